The van der Waals surface area contributed by atoms with Gasteiger partial charge in [0.25, 0.3) is 0 Å². The molecule has 0 unspecified atom stereocenters. The molecule has 0 aromatic heterocycles. The van der Waals surface area contributed by atoms with E-state index in [0.29, 0.717) is 30.0 Å². The van der Waals surface area contributed by atoms with Gasteiger partial charge in [0.1, 0.15) is 11.4 Å². The number of amides is 1. The van der Waals surface area contributed by atoms with Crippen molar-refractivity contribution < 1.29 is 19.1 Å². The van der Waals surface area contributed by atoms with Gasteiger partial charge in [0.2, 0.25) is 0 Å². The zero-order valence-electron chi connectivity index (χ0n) is 12.2. The molecule has 108 valence electrons. The number of fused-ring (bicyclic) bond motifs is 1. The first-order chi connectivity index (χ1) is 9.33. The van der Waals surface area contributed by atoms with E-state index >= 15 is 0 Å². The lowest BCUT2D eigenvalue weighted by Gasteiger charge is -2.32. The summed E-state index contributed by atoms with van der Waals surface area (Å²) in [5.41, 5.74) is 0.419. The molecule has 2 rings (SSSR count). The van der Waals surface area contributed by atoms with Crippen molar-refractivity contribution in [2.45, 2.75) is 32.8 Å². The van der Waals surface area contributed by atoms with Crippen molar-refractivity contribution in [3.05, 3.63) is 23.8 Å². The minimum absolute atomic E-state index is 0.0127. The molecule has 20 heavy (non-hydrogen) atoms. The van der Waals surface area contributed by atoms with Crippen LogP contribution in [0.25, 0.3) is 0 Å². The molecule has 0 saturated carbocycles. The summed E-state index contributed by atoms with van der Waals surface area (Å²) in [5, 5.41) is 0. The fourth-order valence-corrected chi connectivity index (χ4v) is 2.15. The first-order valence-corrected chi connectivity index (χ1v) is 6.54. The van der Waals surface area contributed by atoms with Crippen LogP contribution < -0.4 is 9.64 Å². The Hall–Kier alpha value is -2.04. The van der Waals surface area contributed by atoms with E-state index in [2.05, 4.69) is 0 Å². The Bertz CT molecular complexity index is 545. The van der Waals surface area contributed by atoms with Crippen molar-refractivity contribution in [1.82, 2.24) is 0 Å². The number of ether oxygens (including phenoxy) is 2. The Balaban J connectivity index is 2.42. The third-order valence-corrected chi connectivity index (χ3v) is 2.97. The number of carbonyl (C=O) groups excluding carboxylic acids is 2. The number of anilines is 1. The summed E-state index contributed by atoms with van der Waals surface area (Å²) in [6.07, 6.45) is -0.171. The summed E-state index contributed by atoms with van der Waals surface area (Å²) in [5.74, 6) is 0.514. The fraction of sp³-hybridized carbons (Fsp3) is 0.467. The predicted octanol–water partition coefficient (Wildman–Crippen LogP) is 3.02. The van der Waals surface area contributed by atoms with Crippen molar-refractivity contribution in [2.24, 2.45) is 0 Å². The summed E-state index contributed by atoms with van der Waals surface area (Å²) in [6, 6.07) is 5.18. The van der Waals surface area contributed by atoms with Gasteiger partial charge in [-0.15, -0.1) is 0 Å². The van der Waals surface area contributed by atoms with Crippen molar-refractivity contribution in [3.63, 3.8) is 0 Å². The SMILES string of the molecule is COc1cccc2c1N(C(=O)OC(C)(C)C)CCC2=O. The Morgan fingerprint density at radius 1 is 1.30 bits per heavy atom. The Kier molecular flexibility index (Phi) is 3.70. The molecule has 1 aromatic carbocycles. The van der Waals surface area contributed by atoms with Crippen molar-refractivity contribution in [3.8, 4) is 5.75 Å². The van der Waals surface area contributed by atoms with Crippen LogP contribution in [0.4, 0.5) is 10.5 Å². The second kappa shape index (κ2) is 5.15. The molecular weight excluding hydrogens is 258 g/mol. The van der Waals surface area contributed by atoms with Gasteiger partial charge in [-0.25, -0.2) is 4.79 Å². The predicted molar refractivity (Wildman–Crippen MR) is 75.5 cm³/mol. The first-order valence-electron chi connectivity index (χ1n) is 6.54. The fourth-order valence-electron chi connectivity index (χ4n) is 2.15. The van der Waals surface area contributed by atoms with E-state index in [0.717, 1.165) is 0 Å². The smallest absolute Gasteiger partial charge is 0.414 e. The van der Waals surface area contributed by atoms with Crippen molar-refractivity contribution >= 4 is 17.6 Å². The van der Waals surface area contributed by atoms with Crippen molar-refractivity contribution in [1.29, 1.82) is 0 Å². The molecule has 0 atom stereocenters. The summed E-state index contributed by atoms with van der Waals surface area (Å²) in [7, 11) is 1.52. The van der Waals surface area contributed by atoms with E-state index < -0.39 is 11.7 Å². The Morgan fingerprint density at radius 3 is 2.60 bits per heavy atom. The van der Waals surface area contributed by atoms with Gasteiger partial charge >= 0.3 is 6.09 Å². The van der Waals surface area contributed by atoms with Gasteiger partial charge in [0.15, 0.2) is 5.78 Å². The van der Waals surface area contributed by atoms with Gasteiger partial charge in [0.05, 0.1) is 12.8 Å². The number of Topliss-reactive ketones (excluding diaryl/α,β-unsaturated/α-hetero) is 1. The molecule has 5 heteroatoms. The van der Waals surface area contributed by atoms with E-state index in [1.54, 1.807) is 18.2 Å². The number of benzene rings is 1. The third kappa shape index (κ3) is 2.76. The number of hydrogen-bond donors (Lipinski definition) is 0. The number of ketones is 1. The molecule has 0 fully saturated rings. The summed E-state index contributed by atoms with van der Waals surface area (Å²) < 4.78 is 10.7. The molecule has 1 amide bonds. The average Bonchev–Trinajstić information content (AvgIpc) is 2.36. The molecule has 0 bridgehead atoms. The van der Waals surface area contributed by atoms with Crippen LogP contribution in [0.3, 0.4) is 0 Å². The summed E-state index contributed by atoms with van der Waals surface area (Å²) in [4.78, 5) is 25.7. The van der Waals surface area contributed by atoms with E-state index in [9.17, 15) is 9.59 Å². The second-order valence-corrected chi connectivity index (χ2v) is 5.66. The summed E-state index contributed by atoms with van der Waals surface area (Å²) in [6.45, 7) is 5.73. The van der Waals surface area contributed by atoms with Gasteiger partial charge in [-0.1, -0.05) is 6.07 Å². The highest BCUT2D eigenvalue weighted by Crippen LogP contribution is 2.36. The minimum atomic E-state index is -0.583. The number of nitrogens with zero attached hydrogens (tertiary/aromatic N) is 1. The maximum Gasteiger partial charge on any atom is 0.414 e. The lowest BCUT2D eigenvalue weighted by molar-refractivity contribution is 0.0576. The highest BCUT2D eigenvalue weighted by Gasteiger charge is 2.32. The van der Waals surface area contributed by atoms with Gasteiger partial charge in [0, 0.05) is 18.5 Å². The Labute approximate surface area is 118 Å². The van der Waals surface area contributed by atoms with Crippen LogP contribution in [-0.4, -0.2) is 31.1 Å². The van der Waals surface area contributed by atoms with Crippen LogP contribution in [0.5, 0.6) is 5.75 Å². The zero-order chi connectivity index (χ0) is 14.9. The maximum atomic E-state index is 12.3. The topological polar surface area (TPSA) is 55.8 Å². The largest absolute Gasteiger partial charge is 0.495 e. The van der Waals surface area contributed by atoms with E-state index in [-0.39, 0.29) is 5.78 Å². The molecular formula is C15H19NO4. The second-order valence-electron chi connectivity index (χ2n) is 5.66. The molecule has 1 aliphatic heterocycles. The first kappa shape index (κ1) is 14.4. The van der Waals surface area contributed by atoms with Crippen LogP contribution in [0.15, 0.2) is 18.2 Å². The molecule has 1 aromatic rings. The Morgan fingerprint density at radius 2 is 2.00 bits per heavy atom. The van der Waals surface area contributed by atoms with Gasteiger partial charge in [-0.2, -0.15) is 0 Å². The van der Waals surface area contributed by atoms with E-state index in [1.165, 1.54) is 12.0 Å². The maximum absolute atomic E-state index is 12.3. The quantitative estimate of drug-likeness (QED) is 0.791. The monoisotopic (exact) mass is 277 g/mol. The third-order valence-electron chi connectivity index (χ3n) is 2.97. The van der Waals surface area contributed by atoms with Crippen LogP contribution >= 0.6 is 0 Å². The summed E-state index contributed by atoms with van der Waals surface area (Å²) >= 11 is 0. The highest BCUT2D eigenvalue weighted by atomic mass is 16.6. The van der Waals surface area contributed by atoms with E-state index in [4.69, 9.17) is 9.47 Å². The molecule has 1 aliphatic rings. The van der Waals surface area contributed by atoms with Gasteiger partial charge < -0.3 is 9.47 Å². The van der Waals surface area contributed by atoms with Crippen LogP contribution in [-0.2, 0) is 4.74 Å². The van der Waals surface area contributed by atoms with Crippen LogP contribution in [0.1, 0.15) is 37.6 Å². The molecule has 0 saturated heterocycles. The average molecular weight is 277 g/mol. The molecule has 1 heterocycles. The zero-order valence-corrected chi connectivity index (χ0v) is 12.2. The van der Waals surface area contributed by atoms with E-state index in [1.807, 2.05) is 20.8 Å². The number of para-hydroxylation sites is 1. The molecule has 0 spiro atoms. The minimum Gasteiger partial charge on any atom is -0.495 e. The number of carbonyl (C=O) groups is 2. The molecule has 5 nitrogen and oxygen atoms in total. The number of hydrogen-bond acceptors (Lipinski definition) is 4. The molecule has 0 radical (unpaired) electrons. The van der Waals surface area contributed by atoms with Gasteiger partial charge in [-0.05, 0) is 32.9 Å². The van der Waals surface area contributed by atoms with Crippen molar-refractivity contribution in [2.75, 3.05) is 18.6 Å². The highest BCUT2D eigenvalue weighted by molar-refractivity contribution is 6.09. The standard InChI is InChI=1S/C15H19NO4/c1-15(2,3)20-14(18)16-9-8-11(17)10-6-5-7-12(19-4)13(10)16/h5-7H,8-9H2,1-4H3. The molecule has 0 aliphatic carbocycles. The number of rotatable bonds is 1. The normalized spacial score (nSPS) is 14.8. The van der Waals surface area contributed by atoms with Gasteiger partial charge in [-0.3, -0.25) is 9.69 Å². The molecule has 0 N–H and O–H groups in total. The van der Waals surface area contributed by atoms with Crippen LogP contribution in [0.2, 0.25) is 0 Å². The lowest BCUT2D eigenvalue weighted by atomic mass is 10.00. The lowest BCUT2D eigenvalue weighted by Crippen LogP contribution is -2.41. The van der Waals surface area contributed by atoms with Crippen LogP contribution in [0, 0.1) is 0 Å². The number of methoxy groups -OCH3 is 1.